The minimum atomic E-state index is -0.0709. The summed E-state index contributed by atoms with van der Waals surface area (Å²) in [6, 6.07) is 18.1. The predicted octanol–water partition coefficient (Wildman–Crippen LogP) is 4.33. The average molecular weight is 333 g/mol. The molecule has 1 aliphatic rings. The molecule has 0 radical (unpaired) electrons. The van der Waals surface area contributed by atoms with Gasteiger partial charge < -0.3 is 14.8 Å². The van der Waals surface area contributed by atoms with Gasteiger partial charge in [-0.2, -0.15) is 0 Å². The Morgan fingerprint density at radius 1 is 0.920 bits per heavy atom. The molecule has 0 fully saturated rings. The second-order valence-electron chi connectivity index (χ2n) is 6.14. The smallest absolute Gasteiger partial charge is 0.225 e. The van der Waals surface area contributed by atoms with Crippen LogP contribution < -0.4 is 14.8 Å². The van der Waals surface area contributed by atoms with Crippen molar-refractivity contribution in [2.24, 2.45) is 0 Å². The van der Waals surface area contributed by atoms with Gasteiger partial charge in [-0.15, -0.1) is 0 Å². The zero-order chi connectivity index (χ0) is 17.4. The van der Waals surface area contributed by atoms with Crippen LogP contribution in [0.5, 0.6) is 11.5 Å². The van der Waals surface area contributed by atoms with Crippen molar-refractivity contribution < 1.29 is 14.3 Å². The summed E-state index contributed by atoms with van der Waals surface area (Å²) >= 11 is 0. The predicted molar refractivity (Wildman–Crippen MR) is 98.6 cm³/mol. The van der Waals surface area contributed by atoms with Gasteiger partial charge in [0.25, 0.3) is 0 Å². The molecule has 0 aromatic heterocycles. The lowest BCUT2D eigenvalue weighted by molar-refractivity contribution is -0.116. The lowest BCUT2D eigenvalue weighted by Gasteiger charge is -2.28. The largest absolute Gasteiger partial charge is 0.493 e. The third-order valence-electron chi connectivity index (χ3n) is 4.80. The number of para-hydroxylation sites is 1. The fourth-order valence-electron chi connectivity index (χ4n) is 3.67. The summed E-state index contributed by atoms with van der Waals surface area (Å²) in [5, 5.41) is 5.22. The molecule has 4 nitrogen and oxygen atoms in total. The molecule has 0 saturated carbocycles. The van der Waals surface area contributed by atoms with E-state index in [1.54, 1.807) is 14.2 Å². The number of carbonyl (C=O) groups is 1. The summed E-state index contributed by atoms with van der Waals surface area (Å²) in [6.45, 7) is 0. The first-order valence-corrected chi connectivity index (χ1v) is 8.25. The molecule has 0 aliphatic carbocycles. The van der Waals surface area contributed by atoms with E-state index in [1.807, 2.05) is 36.4 Å². The zero-order valence-corrected chi connectivity index (χ0v) is 14.2. The van der Waals surface area contributed by atoms with Gasteiger partial charge in [-0.1, -0.05) is 48.5 Å². The maximum absolute atomic E-state index is 12.4. The summed E-state index contributed by atoms with van der Waals surface area (Å²) in [5.41, 5.74) is 2.96. The van der Waals surface area contributed by atoms with Crippen LogP contribution in [0, 0.1) is 0 Å². The number of hydrogen-bond acceptors (Lipinski definition) is 3. The SMILES string of the molecule is COc1cccc(C2CC(=O)Nc3c2ccc2ccccc32)c1OC. The van der Waals surface area contributed by atoms with E-state index in [0.29, 0.717) is 17.9 Å². The Hall–Kier alpha value is -3.01. The first-order chi connectivity index (χ1) is 12.2. The Labute approximate surface area is 146 Å². The van der Waals surface area contributed by atoms with Gasteiger partial charge >= 0.3 is 0 Å². The summed E-state index contributed by atoms with van der Waals surface area (Å²) in [7, 11) is 3.25. The molecule has 1 unspecified atom stereocenters. The second kappa shape index (κ2) is 6.13. The van der Waals surface area contributed by atoms with Crippen LogP contribution in [0.25, 0.3) is 10.8 Å². The van der Waals surface area contributed by atoms with Gasteiger partial charge in [0.15, 0.2) is 11.5 Å². The Kier molecular flexibility index (Phi) is 3.80. The number of rotatable bonds is 3. The minimum Gasteiger partial charge on any atom is -0.493 e. The van der Waals surface area contributed by atoms with Crippen LogP contribution in [0.15, 0.2) is 54.6 Å². The van der Waals surface area contributed by atoms with Crippen LogP contribution in [-0.2, 0) is 4.79 Å². The standard InChI is InChI=1S/C21H19NO3/c1-24-18-9-5-8-16(21(18)25-2)17-12-19(23)22-20-14-7-4-3-6-13(14)10-11-15(17)20/h3-11,17H,12H2,1-2H3,(H,22,23). The molecule has 0 spiro atoms. The maximum atomic E-state index is 12.4. The number of hydrogen-bond donors (Lipinski definition) is 1. The molecule has 4 heteroatoms. The van der Waals surface area contributed by atoms with Crippen molar-refractivity contribution in [1.29, 1.82) is 0 Å². The van der Waals surface area contributed by atoms with E-state index >= 15 is 0 Å². The molecule has 1 N–H and O–H groups in total. The van der Waals surface area contributed by atoms with Crippen molar-refractivity contribution >= 4 is 22.4 Å². The van der Waals surface area contributed by atoms with Crippen molar-refractivity contribution in [3.63, 3.8) is 0 Å². The number of methoxy groups -OCH3 is 2. The average Bonchev–Trinajstić information content (AvgIpc) is 2.66. The Bertz CT molecular complexity index is 965. The van der Waals surface area contributed by atoms with Crippen LogP contribution in [0.1, 0.15) is 23.5 Å². The van der Waals surface area contributed by atoms with Gasteiger partial charge in [-0.25, -0.2) is 0 Å². The van der Waals surface area contributed by atoms with Crippen LogP contribution in [0.3, 0.4) is 0 Å². The second-order valence-corrected chi connectivity index (χ2v) is 6.14. The van der Waals surface area contributed by atoms with Crippen molar-refractivity contribution in [2.45, 2.75) is 12.3 Å². The van der Waals surface area contributed by atoms with Gasteiger partial charge in [0.2, 0.25) is 5.91 Å². The summed E-state index contributed by atoms with van der Waals surface area (Å²) < 4.78 is 11.0. The Morgan fingerprint density at radius 2 is 1.76 bits per heavy atom. The van der Waals surface area contributed by atoms with Crippen LogP contribution >= 0.6 is 0 Å². The number of amides is 1. The monoisotopic (exact) mass is 333 g/mol. The number of ether oxygens (including phenoxy) is 2. The van der Waals surface area contributed by atoms with E-state index < -0.39 is 0 Å². The quantitative estimate of drug-likeness (QED) is 0.776. The van der Waals surface area contributed by atoms with Crippen LogP contribution in [0.4, 0.5) is 5.69 Å². The highest BCUT2D eigenvalue weighted by molar-refractivity contribution is 6.06. The highest BCUT2D eigenvalue weighted by Gasteiger charge is 2.30. The molecule has 3 aromatic carbocycles. The van der Waals surface area contributed by atoms with Gasteiger partial charge in [-0.05, 0) is 17.0 Å². The van der Waals surface area contributed by atoms with E-state index in [4.69, 9.17) is 9.47 Å². The highest BCUT2D eigenvalue weighted by Crippen LogP contribution is 2.45. The van der Waals surface area contributed by atoms with Crippen LogP contribution in [0.2, 0.25) is 0 Å². The fraction of sp³-hybridized carbons (Fsp3) is 0.190. The van der Waals surface area contributed by atoms with Gasteiger partial charge in [0, 0.05) is 23.3 Å². The summed E-state index contributed by atoms with van der Waals surface area (Å²) in [4.78, 5) is 12.4. The molecule has 25 heavy (non-hydrogen) atoms. The molecule has 1 aliphatic heterocycles. The first kappa shape index (κ1) is 15.5. The highest BCUT2D eigenvalue weighted by atomic mass is 16.5. The lowest BCUT2D eigenvalue weighted by atomic mass is 9.83. The van der Waals surface area contributed by atoms with E-state index in [9.17, 15) is 4.79 Å². The molecule has 4 rings (SSSR count). The maximum Gasteiger partial charge on any atom is 0.225 e. The molecule has 1 heterocycles. The molecule has 126 valence electrons. The van der Waals surface area contributed by atoms with Crippen molar-refractivity contribution in [1.82, 2.24) is 0 Å². The molecule has 0 bridgehead atoms. The third kappa shape index (κ3) is 2.50. The topological polar surface area (TPSA) is 47.6 Å². The normalized spacial score (nSPS) is 16.2. The van der Waals surface area contributed by atoms with Crippen molar-refractivity contribution in [2.75, 3.05) is 19.5 Å². The van der Waals surface area contributed by atoms with E-state index in [-0.39, 0.29) is 11.8 Å². The van der Waals surface area contributed by atoms with Crippen LogP contribution in [-0.4, -0.2) is 20.1 Å². The number of benzene rings is 3. The van der Waals surface area contributed by atoms with E-state index in [2.05, 4.69) is 23.5 Å². The number of anilines is 1. The van der Waals surface area contributed by atoms with E-state index in [1.165, 1.54) is 0 Å². The molecule has 1 amide bonds. The van der Waals surface area contributed by atoms with E-state index in [0.717, 1.165) is 27.6 Å². The molecular formula is C21H19NO3. The molecular weight excluding hydrogens is 314 g/mol. The third-order valence-corrected chi connectivity index (χ3v) is 4.80. The lowest BCUT2D eigenvalue weighted by Crippen LogP contribution is -2.24. The first-order valence-electron chi connectivity index (χ1n) is 8.25. The molecule has 3 aromatic rings. The number of carbonyl (C=O) groups excluding carboxylic acids is 1. The van der Waals surface area contributed by atoms with Gasteiger partial charge in [0.05, 0.1) is 19.9 Å². The zero-order valence-electron chi connectivity index (χ0n) is 14.2. The van der Waals surface area contributed by atoms with Crippen molar-refractivity contribution in [3.05, 3.63) is 65.7 Å². The summed E-state index contributed by atoms with van der Waals surface area (Å²) in [6.07, 6.45) is 0.384. The number of fused-ring (bicyclic) bond motifs is 3. The number of nitrogens with one attached hydrogen (secondary N) is 1. The van der Waals surface area contributed by atoms with Crippen molar-refractivity contribution in [3.8, 4) is 11.5 Å². The summed E-state index contributed by atoms with van der Waals surface area (Å²) in [5.74, 6) is 1.30. The van der Waals surface area contributed by atoms with Gasteiger partial charge in [0.1, 0.15) is 0 Å². The Morgan fingerprint density at radius 3 is 2.56 bits per heavy atom. The Balaban J connectivity index is 1.95. The minimum absolute atomic E-state index is 0.0127. The fourth-order valence-corrected chi connectivity index (χ4v) is 3.67. The molecule has 0 saturated heterocycles. The molecule has 1 atom stereocenters. The van der Waals surface area contributed by atoms with Gasteiger partial charge in [-0.3, -0.25) is 4.79 Å².